The first kappa shape index (κ1) is 50.4. The van der Waals surface area contributed by atoms with Crippen molar-refractivity contribution in [3.63, 3.8) is 0 Å². The van der Waals surface area contributed by atoms with Crippen LogP contribution in [0.3, 0.4) is 0 Å². The number of likely N-dealkylation sites (N-methyl/N-ethyl adjacent to an activating group) is 1. The number of hydrogen-bond acceptors (Lipinski definition) is 10. The molecule has 3 aliphatic rings. The van der Waals surface area contributed by atoms with E-state index in [2.05, 4.69) is 60.1 Å². The molecule has 3 heterocycles. The molecule has 3 fully saturated rings. The molecule has 1 aliphatic carbocycles. The molecule has 4 atom stereocenters. The van der Waals surface area contributed by atoms with Crippen LogP contribution in [0.2, 0.25) is 0 Å². The minimum Gasteiger partial charge on any atom is -0.362 e. The van der Waals surface area contributed by atoms with Crippen molar-refractivity contribution in [2.45, 2.75) is 146 Å². The number of rotatable bonds is 27. The summed E-state index contributed by atoms with van der Waals surface area (Å²) in [5.74, 6) is -2.39. The van der Waals surface area contributed by atoms with Crippen molar-refractivity contribution in [2.75, 3.05) is 59.7 Å². The van der Waals surface area contributed by atoms with Crippen LogP contribution in [0.1, 0.15) is 139 Å². The molecule has 2 saturated heterocycles. The van der Waals surface area contributed by atoms with E-state index in [-0.39, 0.29) is 106 Å². The van der Waals surface area contributed by atoms with Crippen LogP contribution in [-0.2, 0) is 39.9 Å². The summed E-state index contributed by atoms with van der Waals surface area (Å²) in [7, 11) is 1.50. The van der Waals surface area contributed by atoms with Gasteiger partial charge in [-0.15, -0.1) is 10.2 Å². The maximum atomic E-state index is 13.8. The van der Waals surface area contributed by atoms with Gasteiger partial charge in [-0.3, -0.25) is 28.9 Å². The Morgan fingerprint density at radius 1 is 0.734 bits per heavy atom. The van der Waals surface area contributed by atoms with Crippen LogP contribution < -0.4 is 26.6 Å². The quantitative estimate of drug-likeness (QED) is 0.0809. The number of halogens is 2. The van der Waals surface area contributed by atoms with Crippen molar-refractivity contribution in [1.82, 2.24) is 46.2 Å². The Morgan fingerprint density at radius 3 is 1.84 bits per heavy atom. The highest BCUT2D eigenvalue weighted by molar-refractivity contribution is 5.80. The summed E-state index contributed by atoms with van der Waals surface area (Å²) in [6, 6.07) is 10.7. The lowest BCUT2D eigenvalue weighted by atomic mass is 9.86. The number of unbranched alkanes of at least 4 members (excludes halogenated alkanes) is 4. The second-order valence-electron chi connectivity index (χ2n) is 17.9. The van der Waals surface area contributed by atoms with Crippen LogP contribution in [0.15, 0.2) is 30.3 Å². The van der Waals surface area contributed by atoms with E-state index in [1.165, 1.54) is 7.05 Å². The van der Waals surface area contributed by atoms with E-state index in [4.69, 9.17) is 9.47 Å². The summed E-state index contributed by atoms with van der Waals surface area (Å²) in [6.07, 6.45) is 9.71. The van der Waals surface area contributed by atoms with E-state index < -0.39 is 5.92 Å². The summed E-state index contributed by atoms with van der Waals surface area (Å²) >= 11 is 0. The van der Waals surface area contributed by atoms with E-state index >= 15 is 0 Å². The molecule has 5 rings (SSSR count). The molecule has 0 spiro atoms. The third-order valence-corrected chi connectivity index (χ3v) is 12.7. The topological polar surface area (TPSA) is 198 Å². The van der Waals surface area contributed by atoms with E-state index in [9.17, 15) is 32.8 Å². The van der Waals surface area contributed by atoms with Gasteiger partial charge in [0, 0.05) is 82.5 Å². The molecule has 0 radical (unpaired) electrons. The number of ether oxygens (including phenoxy) is 2. The highest BCUT2D eigenvalue weighted by Gasteiger charge is 2.43. The zero-order valence-electron chi connectivity index (χ0n) is 38.0. The Kier molecular flexibility index (Phi) is 20.3. The molecule has 16 nitrogen and oxygen atoms in total. The van der Waals surface area contributed by atoms with Crippen LogP contribution in [0.25, 0.3) is 0 Å². The number of aromatic nitrogens is 3. The molecule has 1 unspecified atom stereocenters. The summed E-state index contributed by atoms with van der Waals surface area (Å²) in [4.78, 5) is 63.6. The highest BCUT2D eigenvalue weighted by Crippen LogP contribution is 2.43. The summed E-state index contributed by atoms with van der Waals surface area (Å²) < 4.78 is 40.4. The van der Waals surface area contributed by atoms with Crippen molar-refractivity contribution in [2.24, 2.45) is 5.92 Å². The van der Waals surface area contributed by atoms with Crippen LogP contribution in [-0.4, -0.2) is 127 Å². The lowest BCUT2D eigenvalue weighted by Gasteiger charge is -2.41. The molecule has 5 N–H and O–H groups in total. The van der Waals surface area contributed by atoms with Crippen LogP contribution in [0, 0.1) is 5.92 Å². The molecule has 2 bridgehead atoms. The number of piperidine rings is 1. The van der Waals surface area contributed by atoms with E-state index in [1.807, 2.05) is 30.3 Å². The number of amides is 5. The lowest BCUT2D eigenvalue weighted by molar-refractivity contribution is -0.132. The average Bonchev–Trinajstić information content (AvgIpc) is 3.80. The number of nitrogens with zero attached hydrogens (tertiary/aromatic N) is 4. The predicted molar refractivity (Wildman–Crippen MR) is 236 cm³/mol. The Labute approximate surface area is 376 Å². The van der Waals surface area contributed by atoms with E-state index in [1.54, 1.807) is 0 Å². The molecular formula is C46H71F2N9O7. The van der Waals surface area contributed by atoms with Crippen molar-refractivity contribution < 1.29 is 42.2 Å². The highest BCUT2D eigenvalue weighted by atomic mass is 19.3. The van der Waals surface area contributed by atoms with Crippen molar-refractivity contribution in [3.05, 3.63) is 47.5 Å². The number of fused-ring (bicyclic) bond motifs is 2. The fourth-order valence-electron chi connectivity index (χ4n) is 9.25. The maximum Gasteiger partial charge on any atom is 0.248 e. The van der Waals surface area contributed by atoms with Gasteiger partial charge in [0.15, 0.2) is 0 Å². The Hall–Kier alpha value is -4.55. The molecule has 1 aromatic heterocycles. The second-order valence-corrected chi connectivity index (χ2v) is 17.9. The smallest absolute Gasteiger partial charge is 0.248 e. The zero-order chi connectivity index (χ0) is 45.9. The first-order valence-electron chi connectivity index (χ1n) is 23.4. The van der Waals surface area contributed by atoms with Gasteiger partial charge in [-0.1, -0.05) is 63.4 Å². The number of alkyl halides is 2. The van der Waals surface area contributed by atoms with Crippen molar-refractivity contribution in [1.29, 1.82) is 0 Å². The molecule has 2 aromatic rings. The molecule has 5 amide bonds. The first-order chi connectivity index (χ1) is 30.8. The number of nitrogens with one attached hydrogen (secondary N) is 5. The predicted octanol–water partition coefficient (Wildman–Crippen LogP) is 4.26. The molecule has 2 aliphatic heterocycles. The van der Waals surface area contributed by atoms with Gasteiger partial charge >= 0.3 is 0 Å². The minimum absolute atomic E-state index is 0.127. The Bertz CT molecular complexity index is 1780. The van der Waals surface area contributed by atoms with Gasteiger partial charge < -0.3 is 40.6 Å². The van der Waals surface area contributed by atoms with Gasteiger partial charge in [0.25, 0.3) is 0 Å². The van der Waals surface area contributed by atoms with Crippen LogP contribution in [0.5, 0.6) is 0 Å². The maximum absolute atomic E-state index is 13.8. The van der Waals surface area contributed by atoms with Gasteiger partial charge in [0.2, 0.25) is 35.5 Å². The normalized spacial score (nSPS) is 20.1. The average molecular weight is 900 g/mol. The number of carbonyl (C=O) groups is 5. The monoisotopic (exact) mass is 900 g/mol. The fraction of sp³-hybridized carbons (Fsp3) is 0.717. The molecule has 1 aromatic carbocycles. The zero-order valence-corrected chi connectivity index (χ0v) is 38.0. The van der Waals surface area contributed by atoms with Crippen molar-refractivity contribution >= 4 is 29.5 Å². The molecular weight excluding hydrogens is 829 g/mol. The Balaban J connectivity index is 0.980. The number of hydrogen-bond donors (Lipinski definition) is 5. The summed E-state index contributed by atoms with van der Waals surface area (Å²) in [5.41, 5.74) is 1.03. The third kappa shape index (κ3) is 16.2. The summed E-state index contributed by atoms with van der Waals surface area (Å²) in [6.45, 7) is 5.71. The summed E-state index contributed by atoms with van der Waals surface area (Å²) in [5, 5.41) is 23.3. The first-order valence-corrected chi connectivity index (χ1v) is 23.4. The molecule has 64 heavy (non-hydrogen) atoms. The molecule has 18 heteroatoms. The molecule has 1 saturated carbocycles. The van der Waals surface area contributed by atoms with Crippen LogP contribution in [0.4, 0.5) is 8.78 Å². The van der Waals surface area contributed by atoms with E-state index in [0.29, 0.717) is 38.1 Å². The van der Waals surface area contributed by atoms with Gasteiger partial charge in [0.05, 0.1) is 6.04 Å². The fourth-order valence-corrected chi connectivity index (χ4v) is 9.25. The SMILES string of the molecule is CNC(=O)COCC(=O)NCCCCCCCNC(=O)COCC(=O)NCCc1nnc(C(C)C)n1C1C[C@H]2CC[C@@H](C1)N2CC[C@H](NC(=O)C1CCC(F)(F)CC1)c1ccccc1. The van der Waals surface area contributed by atoms with Gasteiger partial charge in [-0.05, 0) is 63.4 Å². The number of carbonyl (C=O) groups excluding carboxylic acids is 5. The van der Waals surface area contributed by atoms with Crippen LogP contribution >= 0.6 is 0 Å². The number of benzene rings is 1. The third-order valence-electron chi connectivity index (χ3n) is 12.7. The second kappa shape index (κ2) is 25.8. The standard InChI is InChI=1S/C46H71F2N9O7/c1-32(2)44-55-54-39(18-24-52-43(61)31-64-30-42(60)51-23-11-6-4-5-10-22-50-41(59)29-63-28-40(58)49-3)57(44)37-26-35-14-15-36(27-37)56(35)25-19-38(33-12-8-7-9-13-33)53-45(62)34-16-20-46(47,48)21-17-34/h7-9,12-13,32,34-38H,4-6,10-11,14-31H2,1-3H3,(H,49,58)(H,50,59)(H,51,60)(H,52,61)(H,53,62)/t35-,36+,37?,38-/m0/s1. The molecule has 356 valence electrons. The van der Waals surface area contributed by atoms with Gasteiger partial charge in [-0.2, -0.15) is 0 Å². The van der Waals surface area contributed by atoms with E-state index in [0.717, 1.165) is 88.0 Å². The largest absolute Gasteiger partial charge is 0.362 e. The van der Waals surface area contributed by atoms with Gasteiger partial charge in [0.1, 0.15) is 38.1 Å². The van der Waals surface area contributed by atoms with Gasteiger partial charge in [-0.25, -0.2) is 8.78 Å². The Morgan fingerprint density at radius 2 is 1.28 bits per heavy atom. The van der Waals surface area contributed by atoms with Crippen molar-refractivity contribution in [3.8, 4) is 0 Å². The lowest BCUT2D eigenvalue weighted by Crippen LogP contribution is -2.45. The minimum atomic E-state index is -2.68.